The molecular formula is C7H6ClFO4. The first-order valence-electron chi connectivity index (χ1n) is 2.99. The van der Waals surface area contributed by atoms with Gasteiger partial charge in [0.15, 0.2) is 0 Å². The Balaban J connectivity index is 0.000000310. The summed E-state index contributed by atoms with van der Waals surface area (Å²) in [6.07, 6.45) is -1.83. The molecular weight excluding hydrogens is 203 g/mol. The largest absolute Gasteiger partial charge is 0.506 e. The number of halogens is 2. The Morgan fingerprint density at radius 1 is 1.38 bits per heavy atom. The minimum absolute atomic E-state index is 0.0370. The van der Waals surface area contributed by atoms with Gasteiger partial charge in [0.25, 0.3) is 0 Å². The number of carbonyl (C=O) groups is 1. The van der Waals surface area contributed by atoms with E-state index in [1.807, 2.05) is 0 Å². The second-order valence-corrected chi connectivity index (χ2v) is 2.29. The third-order valence-electron chi connectivity index (χ3n) is 0.910. The van der Waals surface area contributed by atoms with Gasteiger partial charge in [0.1, 0.15) is 11.6 Å². The summed E-state index contributed by atoms with van der Waals surface area (Å²) in [5, 5.41) is 22.7. The fourth-order valence-corrected chi connectivity index (χ4v) is 0.648. The summed E-state index contributed by atoms with van der Waals surface area (Å²) in [6, 6.07) is 3.40. The molecule has 0 saturated heterocycles. The first-order chi connectivity index (χ1) is 5.93. The Morgan fingerprint density at radius 3 is 2.15 bits per heavy atom. The van der Waals surface area contributed by atoms with Gasteiger partial charge in [0.05, 0.1) is 5.02 Å². The van der Waals surface area contributed by atoms with Gasteiger partial charge < -0.3 is 15.3 Å². The molecule has 0 aliphatic carbocycles. The Hall–Kier alpha value is -1.49. The molecule has 0 aliphatic heterocycles. The first-order valence-corrected chi connectivity index (χ1v) is 3.37. The van der Waals surface area contributed by atoms with Crippen molar-refractivity contribution in [2.24, 2.45) is 0 Å². The molecule has 0 radical (unpaired) electrons. The van der Waals surface area contributed by atoms with Gasteiger partial charge in [0, 0.05) is 0 Å². The van der Waals surface area contributed by atoms with E-state index < -0.39 is 12.0 Å². The molecule has 6 heteroatoms. The van der Waals surface area contributed by atoms with E-state index in [9.17, 15) is 4.39 Å². The number of rotatable bonds is 0. The minimum atomic E-state index is -1.83. The molecule has 72 valence electrons. The van der Waals surface area contributed by atoms with Crippen molar-refractivity contribution >= 4 is 17.8 Å². The smallest absolute Gasteiger partial charge is 0.503 e. The summed E-state index contributed by atoms with van der Waals surface area (Å²) in [5.41, 5.74) is 0. The van der Waals surface area contributed by atoms with Crippen molar-refractivity contribution in [3.63, 3.8) is 0 Å². The zero-order valence-corrected chi connectivity index (χ0v) is 6.99. The minimum Gasteiger partial charge on any atom is -0.506 e. The average Bonchev–Trinajstić information content (AvgIpc) is 1.96. The van der Waals surface area contributed by atoms with Gasteiger partial charge in [-0.1, -0.05) is 11.6 Å². The molecule has 1 rings (SSSR count). The maximum atomic E-state index is 12.2. The van der Waals surface area contributed by atoms with Crippen LogP contribution in [0.25, 0.3) is 0 Å². The molecule has 3 N–H and O–H groups in total. The Labute approximate surface area is 77.8 Å². The number of hydrogen-bond donors (Lipinski definition) is 3. The number of aromatic hydroxyl groups is 1. The number of phenols is 1. The van der Waals surface area contributed by atoms with E-state index in [4.69, 9.17) is 31.7 Å². The van der Waals surface area contributed by atoms with Crippen LogP contribution in [0, 0.1) is 5.82 Å². The second-order valence-electron chi connectivity index (χ2n) is 1.88. The van der Waals surface area contributed by atoms with E-state index >= 15 is 0 Å². The van der Waals surface area contributed by atoms with Crippen molar-refractivity contribution in [3.8, 4) is 5.75 Å². The van der Waals surface area contributed by atoms with Gasteiger partial charge in [-0.3, -0.25) is 0 Å². The van der Waals surface area contributed by atoms with Gasteiger partial charge in [-0.2, -0.15) is 0 Å². The zero-order valence-electron chi connectivity index (χ0n) is 6.24. The Bertz CT molecular complexity index is 299. The Morgan fingerprint density at radius 2 is 1.85 bits per heavy atom. The monoisotopic (exact) mass is 208 g/mol. The molecule has 0 atom stereocenters. The molecule has 0 aliphatic rings. The van der Waals surface area contributed by atoms with Crippen LogP contribution in [-0.2, 0) is 0 Å². The second kappa shape index (κ2) is 5.21. The van der Waals surface area contributed by atoms with Crippen molar-refractivity contribution in [3.05, 3.63) is 29.0 Å². The standard InChI is InChI=1S/C6H4ClFO.CH2O3/c7-5-3-4(8)1-2-6(5)9;2-1(3)4/h1-3,9H;(H2,2,3,4). The summed E-state index contributed by atoms with van der Waals surface area (Å²) in [6.45, 7) is 0. The molecule has 0 aromatic heterocycles. The summed E-state index contributed by atoms with van der Waals surface area (Å²) in [5.74, 6) is -0.545. The number of carboxylic acid groups (broad SMARTS) is 2. The fourth-order valence-electron chi connectivity index (χ4n) is 0.481. The van der Waals surface area contributed by atoms with Crippen LogP contribution in [-0.4, -0.2) is 21.5 Å². The van der Waals surface area contributed by atoms with E-state index in [1.54, 1.807) is 0 Å². The van der Waals surface area contributed by atoms with Gasteiger partial charge in [-0.15, -0.1) is 0 Å². The van der Waals surface area contributed by atoms with Crippen molar-refractivity contribution in [2.45, 2.75) is 0 Å². The van der Waals surface area contributed by atoms with Crippen molar-refractivity contribution in [1.82, 2.24) is 0 Å². The number of hydrogen-bond acceptors (Lipinski definition) is 2. The quantitative estimate of drug-likeness (QED) is 0.612. The van der Waals surface area contributed by atoms with Crippen molar-refractivity contribution < 1.29 is 24.5 Å². The van der Waals surface area contributed by atoms with Gasteiger partial charge in [0.2, 0.25) is 0 Å². The summed E-state index contributed by atoms with van der Waals surface area (Å²) < 4.78 is 12.2. The molecule has 1 aromatic rings. The van der Waals surface area contributed by atoms with Crippen LogP contribution in [0.5, 0.6) is 5.75 Å². The predicted molar refractivity (Wildman–Crippen MR) is 43.7 cm³/mol. The highest BCUT2D eigenvalue weighted by Crippen LogP contribution is 2.22. The third-order valence-corrected chi connectivity index (χ3v) is 1.21. The van der Waals surface area contributed by atoms with E-state index in [0.29, 0.717) is 0 Å². The van der Waals surface area contributed by atoms with Crippen molar-refractivity contribution in [2.75, 3.05) is 0 Å². The van der Waals surface area contributed by atoms with E-state index in [-0.39, 0.29) is 10.8 Å². The summed E-state index contributed by atoms with van der Waals surface area (Å²) >= 11 is 5.32. The fraction of sp³-hybridized carbons (Fsp3) is 0. The van der Waals surface area contributed by atoms with Crippen LogP contribution in [0.3, 0.4) is 0 Å². The molecule has 0 amide bonds. The van der Waals surface area contributed by atoms with Crippen LogP contribution < -0.4 is 0 Å². The predicted octanol–water partition coefficient (Wildman–Crippen LogP) is 2.41. The molecule has 0 bridgehead atoms. The zero-order chi connectivity index (χ0) is 10.4. The topological polar surface area (TPSA) is 77.8 Å². The van der Waals surface area contributed by atoms with Crippen molar-refractivity contribution in [1.29, 1.82) is 0 Å². The van der Waals surface area contributed by atoms with Gasteiger partial charge in [-0.05, 0) is 18.2 Å². The highest BCUT2D eigenvalue weighted by Gasteiger charge is 1.96. The molecule has 1 aromatic carbocycles. The third kappa shape index (κ3) is 5.75. The van der Waals surface area contributed by atoms with Crippen LogP contribution >= 0.6 is 11.6 Å². The molecule has 4 nitrogen and oxygen atoms in total. The van der Waals surface area contributed by atoms with Crippen LogP contribution in [0.2, 0.25) is 5.02 Å². The van der Waals surface area contributed by atoms with E-state index in [0.717, 1.165) is 12.1 Å². The maximum Gasteiger partial charge on any atom is 0.503 e. The van der Waals surface area contributed by atoms with E-state index in [1.165, 1.54) is 6.07 Å². The summed E-state index contributed by atoms with van der Waals surface area (Å²) in [7, 11) is 0. The summed E-state index contributed by atoms with van der Waals surface area (Å²) in [4.78, 5) is 8.56. The number of phenolic OH excluding ortho intramolecular Hbond substituents is 1. The van der Waals surface area contributed by atoms with Gasteiger partial charge >= 0.3 is 6.16 Å². The van der Waals surface area contributed by atoms with Crippen LogP contribution in [0.1, 0.15) is 0 Å². The molecule has 0 heterocycles. The molecule has 0 fully saturated rings. The highest BCUT2D eigenvalue weighted by atomic mass is 35.5. The lowest BCUT2D eigenvalue weighted by Crippen LogP contribution is -1.81. The normalized spacial score (nSPS) is 8.46. The molecule has 0 saturated carbocycles. The van der Waals surface area contributed by atoms with Gasteiger partial charge in [-0.25, -0.2) is 9.18 Å². The maximum absolute atomic E-state index is 12.2. The lowest BCUT2D eigenvalue weighted by molar-refractivity contribution is 0.137. The average molecular weight is 209 g/mol. The van der Waals surface area contributed by atoms with Crippen LogP contribution in [0.15, 0.2) is 18.2 Å². The molecule has 13 heavy (non-hydrogen) atoms. The number of benzene rings is 1. The Kier molecular flexibility index (Phi) is 4.61. The molecule has 0 spiro atoms. The highest BCUT2D eigenvalue weighted by molar-refractivity contribution is 6.31. The molecule has 0 unspecified atom stereocenters. The lowest BCUT2D eigenvalue weighted by atomic mass is 10.3. The van der Waals surface area contributed by atoms with E-state index in [2.05, 4.69) is 0 Å². The van der Waals surface area contributed by atoms with Crippen LogP contribution in [0.4, 0.5) is 9.18 Å². The lowest BCUT2D eigenvalue weighted by Gasteiger charge is -1.92. The SMILES string of the molecule is O=C(O)O.Oc1ccc(F)cc1Cl. The first kappa shape index (κ1) is 11.5.